The molecular formula is C14H24N4O2. The third-order valence-corrected chi connectivity index (χ3v) is 3.95. The largest absolute Gasteiger partial charge is 0.348 e. The number of hydrogen-bond acceptors (Lipinski definition) is 4. The first kappa shape index (κ1) is 15.0. The first-order valence-electron chi connectivity index (χ1n) is 7.27. The van der Waals surface area contributed by atoms with Gasteiger partial charge in [0.1, 0.15) is 5.71 Å². The summed E-state index contributed by atoms with van der Waals surface area (Å²) >= 11 is 0. The summed E-state index contributed by atoms with van der Waals surface area (Å²) in [5, 5.41) is 6.85. The summed E-state index contributed by atoms with van der Waals surface area (Å²) in [6.07, 6.45) is 2.69. The van der Waals surface area contributed by atoms with Crippen molar-refractivity contribution in [1.82, 2.24) is 15.6 Å². The molecule has 2 aliphatic heterocycles. The summed E-state index contributed by atoms with van der Waals surface area (Å²) in [6, 6.07) is 0.210. The predicted molar refractivity (Wildman–Crippen MR) is 77.3 cm³/mol. The third kappa shape index (κ3) is 3.79. The molecule has 0 aliphatic carbocycles. The zero-order chi connectivity index (χ0) is 14.8. The van der Waals surface area contributed by atoms with Gasteiger partial charge >= 0.3 is 0 Å². The lowest BCUT2D eigenvalue weighted by molar-refractivity contribution is -0.121. The number of hydrazone groups is 1. The Morgan fingerprint density at radius 2 is 1.95 bits per heavy atom. The minimum atomic E-state index is -0.140. The molecule has 0 atom stereocenters. The van der Waals surface area contributed by atoms with E-state index in [-0.39, 0.29) is 23.4 Å². The van der Waals surface area contributed by atoms with Crippen LogP contribution in [0.4, 0.5) is 0 Å². The molecule has 0 saturated carbocycles. The molecule has 6 nitrogen and oxygen atoms in total. The molecule has 0 aromatic carbocycles. The second-order valence-corrected chi connectivity index (χ2v) is 6.50. The summed E-state index contributed by atoms with van der Waals surface area (Å²) in [4.78, 5) is 25.5. The molecule has 2 aliphatic rings. The van der Waals surface area contributed by atoms with Gasteiger partial charge in [0, 0.05) is 37.5 Å². The maximum Gasteiger partial charge on any atom is 0.267 e. The molecule has 2 N–H and O–H groups in total. The fraction of sp³-hybridized carbons (Fsp3) is 0.786. The Hall–Kier alpha value is -1.43. The molecule has 0 bridgehead atoms. The van der Waals surface area contributed by atoms with Gasteiger partial charge in [-0.1, -0.05) is 0 Å². The van der Waals surface area contributed by atoms with Crippen LogP contribution in [0.1, 0.15) is 46.5 Å². The lowest BCUT2D eigenvalue weighted by Gasteiger charge is -2.41. The van der Waals surface area contributed by atoms with Crippen LogP contribution in [0.3, 0.4) is 0 Å². The van der Waals surface area contributed by atoms with Crippen molar-refractivity contribution in [3.63, 3.8) is 0 Å². The van der Waals surface area contributed by atoms with Crippen molar-refractivity contribution in [2.75, 3.05) is 13.1 Å². The quantitative estimate of drug-likeness (QED) is 0.779. The van der Waals surface area contributed by atoms with Gasteiger partial charge in [-0.2, -0.15) is 5.10 Å². The van der Waals surface area contributed by atoms with Crippen molar-refractivity contribution in [3.8, 4) is 0 Å². The second kappa shape index (κ2) is 5.91. The Morgan fingerprint density at radius 1 is 1.30 bits per heavy atom. The average molecular weight is 280 g/mol. The van der Waals surface area contributed by atoms with Crippen molar-refractivity contribution in [3.05, 3.63) is 0 Å². The zero-order valence-electron chi connectivity index (χ0n) is 12.5. The van der Waals surface area contributed by atoms with Gasteiger partial charge in [0.15, 0.2) is 0 Å². The lowest BCUT2D eigenvalue weighted by Crippen LogP contribution is -2.52. The molecular weight excluding hydrogens is 256 g/mol. The van der Waals surface area contributed by atoms with Crippen LogP contribution in [0.2, 0.25) is 0 Å². The summed E-state index contributed by atoms with van der Waals surface area (Å²) in [5.41, 5.74) is 2.98. The SMILES string of the molecule is CC(C)(C)N1CCC(NC(=O)C2=NNC(=O)CC2)CC1. The number of amides is 2. The van der Waals surface area contributed by atoms with Crippen LogP contribution in [0.25, 0.3) is 0 Å². The van der Waals surface area contributed by atoms with Crippen molar-refractivity contribution in [2.45, 2.75) is 58.0 Å². The van der Waals surface area contributed by atoms with Crippen LogP contribution in [-0.4, -0.2) is 47.1 Å². The molecule has 20 heavy (non-hydrogen) atoms. The fourth-order valence-corrected chi connectivity index (χ4v) is 2.60. The summed E-state index contributed by atoms with van der Waals surface area (Å²) in [5.74, 6) is -0.265. The molecule has 0 aromatic heterocycles. The van der Waals surface area contributed by atoms with E-state index in [1.165, 1.54) is 0 Å². The number of nitrogens with zero attached hydrogens (tertiary/aromatic N) is 2. The minimum Gasteiger partial charge on any atom is -0.348 e. The van der Waals surface area contributed by atoms with Gasteiger partial charge in [0.2, 0.25) is 5.91 Å². The van der Waals surface area contributed by atoms with Crippen molar-refractivity contribution < 1.29 is 9.59 Å². The Bertz CT molecular complexity index is 417. The number of hydrogen-bond donors (Lipinski definition) is 2. The van der Waals surface area contributed by atoms with Crippen LogP contribution >= 0.6 is 0 Å². The van der Waals surface area contributed by atoms with E-state index in [2.05, 4.69) is 41.5 Å². The van der Waals surface area contributed by atoms with Crippen molar-refractivity contribution >= 4 is 17.5 Å². The van der Waals surface area contributed by atoms with E-state index in [9.17, 15) is 9.59 Å². The normalized spacial score (nSPS) is 22.1. The Balaban J connectivity index is 1.81. The highest BCUT2D eigenvalue weighted by Crippen LogP contribution is 2.20. The molecule has 112 valence electrons. The van der Waals surface area contributed by atoms with Crippen molar-refractivity contribution in [1.29, 1.82) is 0 Å². The molecule has 1 saturated heterocycles. The number of piperidine rings is 1. The molecule has 0 aromatic rings. The number of carbonyl (C=O) groups excluding carboxylic acids is 2. The smallest absolute Gasteiger partial charge is 0.267 e. The van der Waals surface area contributed by atoms with Gasteiger partial charge < -0.3 is 5.32 Å². The van der Waals surface area contributed by atoms with Gasteiger partial charge in [-0.05, 0) is 33.6 Å². The van der Waals surface area contributed by atoms with Gasteiger partial charge in [-0.15, -0.1) is 0 Å². The first-order valence-corrected chi connectivity index (χ1v) is 7.27. The van der Waals surface area contributed by atoms with Crippen LogP contribution in [0.15, 0.2) is 5.10 Å². The Labute approximate surface area is 120 Å². The molecule has 6 heteroatoms. The summed E-state index contributed by atoms with van der Waals surface area (Å²) < 4.78 is 0. The number of nitrogens with one attached hydrogen (secondary N) is 2. The van der Waals surface area contributed by atoms with Gasteiger partial charge in [-0.3, -0.25) is 14.5 Å². The van der Waals surface area contributed by atoms with Crippen LogP contribution < -0.4 is 10.7 Å². The van der Waals surface area contributed by atoms with Gasteiger partial charge in [0.05, 0.1) is 0 Å². The highest BCUT2D eigenvalue weighted by molar-refractivity contribution is 6.39. The highest BCUT2D eigenvalue weighted by atomic mass is 16.2. The molecule has 0 radical (unpaired) electrons. The number of likely N-dealkylation sites (tertiary alicyclic amines) is 1. The fourth-order valence-electron chi connectivity index (χ4n) is 2.60. The first-order chi connectivity index (χ1) is 9.36. The molecule has 2 rings (SSSR count). The van der Waals surface area contributed by atoms with Crippen LogP contribution in [0, 0.1) is 0 Å². The molecule has 1 fully saturated rings. The summed E-state index contributed by atoms with van der Waals surface area (Å²) in [6.45, 7) is 8.64. The topological polar surface area (TPSA) is 73.8 Å². The second-order valence-electron chi connectivity index (χ2n) is 6.50. The number of carbonyl (C=O) groups is 2. The van der Waals surface area contributed by atoms with E-state index >= 15 is 0 Å². The van der Waals surface area contributed by atoms with Crippen LogP contribution in [0.5, 0.6) is 0 Å². The van der Waals surface area contributed by atoms with Crippen LogP contribution in [-0.2, 0) is 9.59 Å². The maximum atomic E-state index is 12.0. The average Bonchev–Trinajstić information content (AvgIpc) is 2.39. The zero-order valence-corrected chi connectivity index (χ0v) is 12.5. The van der Waals surface area contributed by atoms with E-state index in [1.54, 1.807) is 0 Å². The summed E-state index contributed by atoms with van der Waals surface area (Å²) in [7, 11) is 0. The highest BCUT2D eigenvalue weighted by Gasteiger charge is 2.28. The monoisotopic (exact) mass is 280 g/mol. The standard InChI is InChI=1S/C14H24N4O2/c1-14(2,3)18-8-6-10(7-9-18)15-13(20)11-4-5-12(19)17-16-11/h10H,4-9H2,1-3H3,(H,15,20)(H,17,19). The van der Waals surface area contributed by atoms with E-state index in [0.29, 0.717) is 18.6 Å². The molecule has 2 heterocycles. The van der Waals surface area contributed by atoms with Gasteiger partial charge in [-0.25, -0.2) is 5.43 Å². The van der Waals surface area contributed by atoms with E-state index in [4.69, 9.17) is 0 Å². The van der Waals surface area contributed by atoms with E-state index in [1.807, 2.05) is 0 Å². The maximum absolute atomic E-state index is 12.0. The molecule has 2 amide bonds. The van der Waals surface area contributed by atoms with Crippen molar-refractivity contribution in [2.24, 2.45) is 5.10 Å². The van der Waals surface area contributed by atoms with Gasteiger partial charge in [0.25, 0.3) is 5.91 Å². The molecule has 0 unspecified atom stereocenters. The van der Waals surface area contributed by atoms with E-state index in [0.717, 1.165) is 25.9 Å². The molecule has 0 spiro atoms. The number of rotatable bonds is 2. The predicted octanol–water partition coefficient (Wildman–Crippen LogP) is 0.632. The minimum absolute atomic E-state index is 0.125. The Kier molecular flexibility index (Phi) is 4.42. The Morgan fingerprint density at radius 3 is 2.45 bits per heavy atom. The third-order valence-electron chi connectivity index (χ3n) is 3.95. The van der Waals surface area contributed by atoms with E-state index < -0.39 is 0 Å². The lowest BCUT2D eigenvalue weighted by atomic mass is 9.98.